The van der Waals surface area contributed by atoms with Crippen molar-refractivity contribution in [1.82, 2.24) is 24.3 Å². The van der Waals surface area contributed by atoms with E-state index in [-0.39, 0.29) is 0 Å². The van der Waals surface area contributed by atoms with E-state index in [0.717, 1.165) is 74.2 Å². The van der Waals surface area contributed by atoms with E-state index in [2.05, 4.69) is 118 Å². The van der Waals surface area contributed by atoms with Crippen molar-refractivity contribution in [3.8, 4) is 39.6 Å². The Morgan fingerprint density at radius 2 is 1.28 bits per heavy atom. The topological polar surface area (TPSA) is 48.5 Å². The second kappa shape index (κ2) is 10.8. The summed E-state index contributed by atoms with van der Waals surface area (Å²) in [5.41, 5.74) is 10.5. The van der Waals surface area contributed by atoms with Crippen molar-refractivity contribution in [3.05, 3.63) is 152 Å². The van der Waals surface area contributed by atoms with Crippen LogP contribution >= 0.6 is 0 Å². The smallest absolute Gasteiger partial charge is 0.160 e. The fourth-order valence-corrected chi connectivity index (χ4v) is 6.60. The van der Waals surface area contributed by atoms with Crippen molar-refractivity contribution in [3.63, 3.8) is 0 Å². The molecule has 3 heterocycles. The molecule has 3 aromatic heterocycles. The van der Waals surface area contributed by atoms with Crippen LogP contribution in [0.2, 0.25) is 0 Å². The highest BCUT2D eigenvalue weighted by Gasteiger charge is 2.17. The summed E-state index contributed by atoms with van der Waals surface area (Å²) in [4.78, 5) is 10.1. The Morgan fingerprint density at radius 3 is 2.09 bits per heavy atom. The molecule has 0 amide bonds. The molecule has 0 unspecified atom stereocenters. The van der Waals surface area contributed by atoms with E-state index in [4.69, 9.17) is 15.1 Å². The zero-order chi connectivity index (χ0) is 30.5. The second-order valence-electron chi connectivity index (χ2n) is 11.7. The van der Waals surface area contributed by atoms with Crippen LogP contribution in [0.5, 0.6) is 0 Å². The van der Waals surface area contributed by atoms with Gasteiger partial charge in [-0.25, -0.2) is 14.6 Å². The summed E-state index contributed by atoms with van der Waals surface area (Å²) in [5.74, 6) is 0.709. The lowest BCUT2D eigenvalue weighted by Crippen LogP contribution is -2.00. The first kappa shape index (κ1) is 26.3. The molecule has 5 aromatic carbocycles. The lowest BCUT2D eigenvalue weighted by atomic mass is 10.1. The Kier molecular flexibility index (Phi) is 6.20. The molecular formula is C41H29N5. The van der Waals surface area contributed by atoms with Gasteiger partial charge in [0.25, 0.3) is 0 Å². The Labute approximate surface area is 266 Å². The summed E-state index contributed by atoms with van der Waals surface area (Å²) in [6.07, 6.45) is 10.8. The van der Waals surface area contributed by atoms with Crippen LogP contribution in [-0.4, -0.2) is 24.3 Å². The van der Waals surface area contributed by atoms with E-state index in [1.807, 2.05) is 42.6 Å². The molecule has 1 aliphatic rings. The van der Waals surface area contributed by atoms with E-state index in [9.17, 15) is 0 Å². The fraction of sp³-hybridized carbons (Fsp3) is 0.0488. The van der Waals surface area contributed by atoms with Gasteiger partial charge in [-0.05, 0) is 55.3 Å². The van der Waals surface area contributed by atoms with E-state index in [1.165, 1.54) is 10.8 Å². The molecule has 5 heteroatoms. The van der Waals surface area contributed by atoms with Crippen molar-refractivity contribution < 1.29 is 0 Å². The van der Waals surface area contributed by atoms with Crippen LogP contribution in [-0.2, 0) is 0 Å². The highest BCUT2D eigenvalue weighted by Crippen LogP contribution is 2.37. The summed E-state index contributed by atoms with van der Waals surface area (Å²) in [7, 11) is 0. The molecule has 0 fully saturated rings. The van der Waals surface area contributed by atoms with Crippen LogP contribution in [0.4, 0.5) is 0 Å². The zero-order valence-electron chi connectivity index (χ0n) is 25.1. The highest BCUT2D eigenvalue weighted by atomic mass is 15.3. The van der Waals surface area contributed by atoms with Gasteiger partial charge >= 0.3 is 0 Å². The fourth-order valence-electron chi connectivity index (χ4n) is 6.60. The van der Waals surface area contributed by atoms with Crippen molar-refractivity contribution >= 4 is 38.4 Å². The van der Waals surface area contributed by atoms with Crippen molar-refractivity contribution in [2.24, 2.45) is 0 Å². The van der Waals surface area contributed by atoms with E-state index in [1.54, 1.807) is 0 Å². The maximum Gasteiger partial charge on any atom is 0.160 e. The molecule has 8 aromatic rings. The van der Waals surface area contributed by atoms with E-state index < -0.39 is 0 Å². The molecule has 46 heavy (non-hydrogen) atoms. The molecule has 0 atom stereocenters. The average molecular weight is 592 g/mol. The largest absolute Gasteiger partial charge is 0.309 e. The summed E-state index contributed by atoms with van der Waals surface area (Å²) in [5, 5.41) is 8.36. The van der Waals surface area contributed by atoms with Crippen molar-refractivity contribution in [2.75, 3.05) is 0 Å². The third-order valence-electron chi connectivity index (χ3n) is 8.81. The Balaban J connectivity index is 1.25. The first-order valence-corrected chi connectivity index (χ1v) is 15.7. The molecule has 0 spiro atoms. The summed E-state index contributed by atoms with van der Waals surface area (Å²) >= 11 is 0. The minimum atomic E-state index is 0.709. The number of hydrogen-bond donors (Lipinski definition) is 0. The SMILES string of the molecule is C1=CC(n2ncc3cc4c5ccccc5n(-c5cccc(-c6cc(-c7ccccc7)nc(-c7ccccc7)n6)c5)c4cc32)=CCC1. The van der Waals surface area contributed by atoms with Crippen LogP contribution in [0, 0.1) is 0 Å². The van der Waals surface area contributed by atoms with Gasteiger partial charge in [-0.15, -0.1) is 0 Å². The molecule has 0 bridgehead atoms. The summed E-state index contributed by atoms with van der Waals surface area (Å²) < 4.78 is 4.44. The van der Waals surface area contributed by atoms with Gasteiger partial charge in [0, 0.05) is 38.5 Å². The Bertz CT molecular complexity index is 2410. The molecule has 0 saturated heterocycles. The number of aromatic nitrogens is 5. The van der Waals surface area contributed by atoms with E-state index >= 15 is 0 Å². The predicted octanol–water partition coefficient (Wildman–Crippen LogP) is 10.1. The molecule has 0 aliphatic heterocycles. The highest BCUT2D eigenvalue weighted by molar-refractivity contribution is 6.13. The molecule has 0 N–H and O–H groups in total. The Morgan fingerprint density at radius 1 is 0.543 bits per heavy atom. The number of hydrogen-bond acceptors (Lipinski definition) is 3. The third kappa shape index (κ3) is 4.44. The maximum atomic E-state index is 5.10. The lowest BCUT2D eigenvalue weighted by molar-refractivity contribution is 0.914. The van der Waals surface area contributed by atoms with Crippen molar-refractivity contribution in [2.45, 2.75) is 12.8 Å². The average Bonchev–Trinajstić information content (AvgIpc) is 3.70. The second-order valence-corrected chi connectivity index (χ2v) is 11.7. The number of para-hydroxylation sites is 1. The number of nitrogens with zero attached hydrogens (tertiary/aromatic N) is 5. The normalized spacial score (nSPS) is 13.1. The van der Waals surface area contributed by atoms with Gasteiger partial charge < -0.3 is 4.57 Å². The number of allylic oxidation sites excluding steroid dienone is 4. The van der Waals surface area contributed by atoms with Gasteiger partial charge in [0.05, 0.1) is 39.8 Å². The van der Waals surface area contributed by atoms with Crippen LogP contribution in [0.1, 0.15) is 12.8 Å². The molecular weight excluding hydrogens is 562 g/mol. The predicted molar refractivity (Wildman–Crippen MR) is 189 cm³/mol. The van der Waals surface area contributed by atoms with Gasteiger partial charge in [-0.3, -0.25) is 0 Å². The quantitative estimate of drug-likeness (QED) is 0.200. The minimum Gasteiger partial charge on any atom is -0.309 e. The molecule has 9 rings (SSSR count). The number of rotatable bonds is 5. The van der Waals surface area contributed by atoms with Gasteiger partial charge in [-0.2, -0.15) is 5.10 Å². The van der Waals surface area contributed by atoms with Gasteiger partial charge in [-0.1, -0.05) is 103 Å². The standard InChI is InChI=1S/C41H29N5/c1-4-13-28(14-5-1)36-25-37(44-41(43-36)29-15-6-2-7-16-29)30-17-12-20-33(23-30)45-38-22-11-10-21-34(38)35-24-31-27-42-46(39(31)26-40(35)45)32-18-8-3-9-19-32/h1-2,4-8,10-27H,3,9H2. The number of benzene rings is 5. The monoisotopic (exact) mass is 591 g/mol. The van der Waals surface area contributed by atoms with Gasteiger partial charge in [0.15, 0.2) is 5.82 Å². The summed E-state index contributed by atoms with van der Waals surface area (Å²) in [6, 6.07) is 44.5. The maximum absolute atomic E-state index is 5.10. The van der Waals surface area contributed by atoms with Gasteiger partial charge in [0.1, 0.15) is 0 Å². The zero-order valence-corrected chi connectivity index (χ0v) is 25.1. The van der Waals surface area contributed by atoms with Gasteiger partial charge in [0.2, 0.25) is 0 Å². The van der Waals surface area contributed by atoms with Crippen LogP contribution in [0.3, 0.4) is 0 Å². The lowest BCUT2D eigenvalue weighted by Gasteiger charge is -2.13. The third-order valence-corrected chi connectivity index (χ3v) is 8.81. The molecule has 0 saturated carbocycles. The molecule has 1 aliphatic carbocycles. The van der Waals surface area contributed by atoms with Crippen molar-refractivity contribution in [1.29, 1.82) is 0 Å². The first-order chi connectivity index (χ1) is 22.8. The first-order valence-electron chi connectivity index (χ1n) is 15.7. The molecule has 5 nitrogen and oxygen atoms in total. The minimum absolute atomic E-state index is 0.709. The van der Waals surface area contributed by atoms with Crippen LogP contribution in [0.15, 0.2) is 152 Å². The van der Waals surface area contributed by atoms with Crippen LogP contribution < -0.4 is 0 Å². The Hall–Kier alpha value is -6.07. The molecule has 218 valence electrons. The van der Waals surface area contributed by atoms with Crippen LogP contribution in [0.25, 0.3) is 78.0 Å². The van der Waals surface area contributed by atoms with E-state index in [0.29, 0.717) is 5.82 Å². The summed E-state index contributed by atoms with van der Waals surface area (Å²) in [6.45, 7) is 0. The molecule has 0 radical (unpaired) electrons. The number of fused-ring (bicyclic) bond motifs is 4.